The smallest absolute Gasteiger partial charge is 0.265 e. The lowest BCUT2D eigenvalue weighted by Gasteiger charge is -2.08. The Hall–Kier alpha value is -2.36. The number of anilines is 1. The predicted octanol–water partition coefficient (Wildman–Crippen LogP) is 3.43. The first kappa shape index (κ1) is 18.4. The number of thiophene rings is 1. The van der Waals surface area contributed by atoms with Gasteiger partial charge in [0.25, 0.3) is 21.8 Å². The molecule has 0 unspecified atom stereocenters. The summed E-state index contributed by atoms with van der Waals surface area (Å²) in [7, 11) is -4.06. The zero-order valence-corrected chi connectivity index (χ0v) is 15.9. The lowest BCUT2D eigenvalue weighted by molar-refractivity contribution is 0.0952. The van der Waals surface area contributed by atoms with E-state index in [9.17, 15) is 13.2 Å². The second-order valence-corrected chi connectivity index (χ2v) is 8.24. The van der Waals surface area contributed by atoms with Crippen molar-refractivity contribution in [3.63, 3.8) is 0 Å². The highest BCUT2D eigenvalue weighted by Gasteiger charge is 2.26. The van der Waals surface area contributed by atoms with E-state index in [2.05, 4.69) is 15.2 Å². The summed E-state index contributed by atoms with van der Waals surface area (Å²) in [6.07, 6.45) is 0. The minimum atomic E-state index is -4.06. The second-order valence-electron chi connectivity index (χ2n) is 5.30. The zero-order chi connectivity index (χ0) is 18.7. The van der Waals surface area contributed by atoms with E-state index in [-0.39, 0.29) is 27.2 Å². The Labute approximate surface area is 159 Å². The van der Waals surface area contributed by atoms with Gasteiger partial charge >= 0.3 is 0 Å². The molecule has 0 saturated carbocycles. The summed E-state index contributed by atoms with van der Waals surface area (Å²) in [6.45, 7) is 1.87. The van der Waals surface area contributed by atoms with Crippen LogP contribution in [-0.4, -0.2) is 19.5 Å². The maximum Gasteiger partial charge on any atom is 0.265 e. The molecule has 7 nitrogen and oxygen atoms in total. The van der Waals surface area contributed by atoms with Crippen LogP contribution >= 0.6 is 22.9 Å². The van der Waals surface area contributed by atoms with E-state index >= 15 is 0 Å². The number of hydrogen-bond donors (Lipinski definition) is 2. The molecule has 0 atom stereocenters. The van der Waals surface area contributed by atoms with Crippen LogP contribution in [0.15, 0.2) is 51.2 Å². The molecule has 2 aromatic heterocycles. The number of nitrogens with one attached hydrogen (secondary N) is 2. The van der Waals surface area contributed by atoms with Crippen LogP contribution in [0.1, 0.15) is 20.9 Å². The number of hydrogen-bond acceptors (Lipinski definition) is 6. The number of aromatic nitrogens is 1. The van der Waals surface area contributed by atoms with Crippen molar-refractivity contribution in [2.45, 2.75) is 18.4 Å². The van der Waals surface area contributed by atoms with Gasteiger partial charge in [-0.15, -0.1) is 11.3 Å². The number of aryl methyl sites for hydroxylation is 1. The van der Waals surface area contributed by atoms with Gasteiger partial charge in [0.05, 0.1) is 0 Å². The third-order valence-corrected chi connectivity index (χ3v) is 6.30. The average Bonchev–Trinajstić information content (AvgIpc) is 3.24. The molecule has 0 spiro atoms. The quantitative estimate of drug-likeness (QED) is 0.647. The summed E-state index contributed by atoms with van der Waals surface area (Å²) in [5.74, 6) is -0.671. The number of carbonyl (C=O) groups excluding carboxylic acids is 1. The summed E-state index contributed by atoms with van der Waals surface area (Å²) in [5.41, 5.74) is 1.26. The number of nitrogens with zero attached hydrogens (tertiary/aromatic N) is 1. The van der Waals surface area contributed by atoms with Crippen molar-refractivity contribution in [1.82, 2.24) is 10.5 Å². The monoisotopic (exact) mass is 411 g/mol. The summed E-state index contributed by atoms with van der Waals surface area (Å²) < 4.78 is 32.3. The van der Waals surface area contributed by atoms with Crippen molar-refractivity contribution in [2.24, 2.45) is 0 Å². The highest BCUT2D eigenvalue weighted by atomic mass is 35.5. The van der Waals surface area contributed by atoms with Gasteiger partial charge in [0.1, 0.15) is 20.5 Å². The molecule has 136 valence electrons. The maximum absolute atomic E-state index is 12.6. The van der Waals surface area contributed by atoms with Crippen molar-refractivity contribution in [3.05, 3.63) is 62.9 Å². The average molecular weight is 412 g/mol. The Morgan fingerprint density at radius 2 is 2.00 bits per heavy atom. The molecule has 0 aliphatic carbocycles. The normalized spacial score (nSPS) is 11.3. The van der Waals surface area contributed by atoms with Gasteiger partial charge in [0.2, 0.25) is 0 Å². The van der Waals surface area contributed by atoms with Crippen molar-refractivity contribution in [3.8, 4) is 0 Å². The predicted molar refractivity (Wildman–Crippen MR) is 99.0 cm³/mol. The van der Waals surface area contributed by atoms with E-state index in [0.717, 1.165) is 16.9 Å². The topological polar surface area (TPSA) is 101 Å². The van der Waals surface area contributed by atoms with Gasteiger partial charge in [-0.3, -0.25) is 4.79 Å². The summed E-state index contributed by atoms with van der Waals surface area (Å²) in [4.78, 5) is 12.3. The van der Waals surface area contributed by atoms with Crippen LogP contribution < -0.4 is 10.0 Å². The standard InChI is InChI=1S/C16H14ClN3O4S2/c1-10-13(17)16(24-19-10)20-26(22,23)12-7-8-25-14(12)15(21)18-9-11-5-3-2-4-6-11/h2-8,20H,9H2,1H3,(H,18,21). The first-order valence-electron chi connectivity index (χ1n) is 7.42. The minimum Gasteiger partial charge on any atom is -0.347 e. The summed E-state index contributed by atoms with van der Waals surface area (Å²) in [6, 6.07) is 10.7. The molecule has 0 fully saturated rings. The van der Waals surface area contributed by atoms with Crippen LogP contribution in [0.25, 0.3) is 0 Å². The number of halogens is 1. The van der Waals surface area contributed by atoms with Gasteiger partial charge in [0, 0.05) is 6.54 Å². The zero-order valence-electron chi connectivity index (χ0n) is 13.5. The largest absolute Gasteiger partial charge is 0.347 e. The fraction of sp³-hybridized carbons (Fsp3) is 0.125. The van der Waals surface area contributed by atoms with E-state index in [1.807, 2.05) is 30.3 Å². The molecule has 26 heavy (non-hydrogen) atoms. The minimum absolute atomic E-state index is 0.0684. The highest BCUT2D eigenvalue weighted by Crippen LogP contribution is 2.29. The Morgan fingerprint density at radius 1 is 1.27 bits per heavy atom. The first-order chi connectivity index (χ1) is 12.4. The lowest BCUT2D eigenvalue weighted by atomic mass is 10.2. The van der Waals surface area contributed by atoms with Crippen LogP contribution in [0.5, 0.6) is 0 Å². The molecule has 3 aromatic rings. The molecule has 0 saturated heterocycles. The molecular formula is C16H14ClN3O4S2. The summed E-state index contributed by atoms with van der Waals surface area (Å²) >= 11 is 6.97. The van der Waals surface area contributed by atoms with Gasteiger partial charge in [0.15, 0.2) is 0 Å². The van der Waals surface area contributed by atoms with Crippen molar-refractivity contribution in [2.75, 3.05) is 4.72 Å². The van der Waals surface area contributed by atoms with Crippen molar-refractivity contribution < 1.29 is 17.7 Å². The van der Waals surface area contributed by atoms with E-state index < -0.39 is 15.9 Å². The lowest BCUT2D eigenvalue weighted by Crippen LogP contribution is -2.24. The fourth-order valence-corrected chi connectivity index (χ4v) is 4.64. The van der Waals surface area contributed by atoms with E-state index in [4.69, 9.17) is 16.1 Å². The van der Waals surface area contributed by atoms with E-state index in [1.54, 1.807) is 6.92 Å². The van der Waals surface area contributed by atoms with Crippen molar-refractivity contribution >= 4 is 44.8 Å². The number of carbonyl (C=O) groups is 1. The van der Waals surface area contributed by atoms with Gasteiger partial charge in [-0.1, -0.05) is 47.1 Å². The first-order valence-corrected chi connectivity index (χ1v) is 10.2. The molecule has 2 N–H and O–H groups in total. The van der Waals surface area contributed by atoms with Gasteiger partial charge in [-0.2, -0.15) is 0 Å². The van der Waals surface area contributed by atoms with Gasteiger partial charge in [-0.05, 0) is 23.9 Å². The van der Waals surface area contributed by atoms with Crippen LogP contribution in [0, 0.1) is 6.92 Å². The van der Waals surface area contributed by atoms with Crippen LogP contribution in [0.4, 0.5) is 5.88 Å². The number of benzene rings is 1. The van der Waals surface area contributed by atoms with Crippen LogP contribution in [0.3, 0.4) is 0 Å². The van der Waals surface area contributed by atoms with Crippen molar-refractivity contribution in [1.29, 1.82) is 0 Å². The molecule has 1 aromatic carbocycles. The third-order valence-electron chi connectivity index (χ3n) is 3.44. The number of sulfonamides is 1. The summed E-state index contributed by atoms with van der Waals surface area (Å²) in [5, 5.41) is 7.90. The van der Waals surface area contributed by atoms with Gasteiger partial charge in [-0.25, -0.2) is 13.1 Å². The Morgan fingerprint density at radius 3 is 2.65 bits per heavy atom. The Bertz CT molecular complexity index is 1030. The van der Waals surface area contributed by atoms with Crippen LogP contribution in [-0.2, 0) is 16.6 Å². The molecule has 0 bridgehead atoms. The molecule has 0 aliphatic heterocycles. The molecule has 3 rings (SSSR count). The molecular weight excluding hydrogens is 398 g/mol. The number of amides is 1. The molecule has 0 aliphatic rings. The second kappa shape index (κ2) is 7.48. The molecule has 10 heteroatoms. The third kappa shape index (κ3) is 3.90. The Kier molecular flexibility index (Phi) is 5.30. The highest BCUT2D eigenvalue weighted by molar-refractivity contribution is 7.93. The molecule has 1 amide bonds. The maximum atomic E-state index is 12.6. The SMILES string of the molecule is Cc1noc(NS(=O)(=O)c2ccsc2C(=O)NCc2ccccc2)c1Cl. The van der Waals surface area contributed by atoms with E-state index in [0.29, 0.717) is 5.69 Å². The van der Waals surface area contributed by atoms with E-state index in [1.165, 1.54) is 11.4 Å². The number of rotatable bonds is 6. The molecule has 0 radical (unpaired) electrons. The molecule has 2 heterocycles. The fourth-order valence-electron chi connectivity index (χ4n) is 2.13. The van der Waals surface area contributed by atoms with Gasteiger partial charge < -0.3 is 9.84 Å². The van der Waals surface area contributed by atoms with Crippen LogP contribution in [0.2, 0.25) is 5.02 Å². The Balaban J connectivity index is 1.78.